The van der Waals surface area contributed by atoms with E-state index in [2.05, 4.69) is 28.1 Å². The number of benzene rings is 2. The molecule has 6 nitrogen and oxygen atoms in total. The lowest BCUT2D eigenvalue weighted by atomic mass is 10.00. The fourth-order valence-corrected chi connectivity index (χ4v) is 3.92. The van der Waals surface area contributed by atoms with E-state index in [1.54, 1.807) is 0 Å². The second-order valence-corrected chi connectivity index (χ2v) is 7.25. The van der Waals surface area contributed by atoms with Gasteiger partial charge < -0.3 is 19.5 Å². The average Bonchev–Trinajstić information content (AvgIpc) is 2.96. The monoisotopic (exact) mass is 362 g/mol. The molecule has 3 heterocycles. The van der Waals surface area contributed by atoms with E-state index >= 15 is 0 Å². The summed E-state index contributed by atoms with van der Waals surface area (Å²) in [5, 5.41) is 3.69. The molecule has 5 rings (SSSR count). The van der Waals surface area contributed by atoms with E-state index < -0.39 is 0 Å². The van der Waals surface area contributed by atoms with Gasteiger partial charge in [0.25, 0.3) is 0 Å². The molecule has 0 radical (unpaired) electrons. The molecule has 2 aromatic carbocycles. The highest BCUT2D eigenvalue weighted by atomic mass is 16.5. The van der Waals surface area contributed by atoms with Gasteiger partial charge in [0, 0.05) is 37.7 Å². The Morgan fingerprint density at radius 1 is 1.26 bits per heavy atom. The van der Waals surface area contributed by atoms with Gasteiger partial charge in [-0.25, -0.2) is 4.98 Å². The van der Waals surface area contributed by atoms with Crippen molar-refractivity contribution in [2.45, 2.75) is 25.8 Å². The summed E-state index contributed by atoms with van der Waals surface area (Å²) in [6, 6.07) is 12.4. The molecule has 0 aliphatic carbocycles. The third kappa shape index (κ3) is 2.55. The van der Waals surface area contributed by atoms with Gasteiger partial charge in [0.2, 0.25) is 5.91 Å². The Morgan fingerprint density at radius 3 is 2.89 bits per heavy atom. The Hall–Kier alpha value is -3.02. The van der Waals surface area contributed by atoms with Crippen molar-refractivity contribution >= 4 is 28.3 Å². The summed E-state index contributed by atoms with van der Waals surface area (Å²) in [7, 11) is 2.01. The number of ether oxygens (including phenoxy) is 1. The lowest BCUT2D eigenvalue weighted by Gasteiger charge is -2.32. The van der Waals surface area contributed by atoms with E-state index in [1.807, 2.05) is 37.1 Å². The number of hydrogen-bond acceptors (Lipinski definition) is 4. The van der Waals surface area contributed by atoms with Gasteiger partial charge in [-0.1, -0.05) is 18.2 Å². The molecule has 1 amide bonds. The number of anilines is 2. The largest absolute Gasteiger partial charge is 0.493 e. The van der Waals surface area contributed by atoms with Gasteiger partial charge in [-0.2, -0.15) is 0 Å². The summed E-state index contributed by atoms with van der Waals surface area (Å²) in [4.78, 5) is 18.6. The first kappa shape index (κ1) is 16.2. The Kier molecular flexibility index (Phi) is 3.60. The van der Waals surface area contributed by atoms with Crippen LogP contribution in [0, 0.1) is 6.92 Å². The third-order valence-corrected chi connectivity index (χ3v) is 5.65. The lowest BCUT2D eigenvalue weighted by molar-refractivity contribution is -0.122. The van der Waals surface area contributed by atoms with Gasteiger partial charge in [-0.3, -0.25) is 4.79 Å². The maximum absolute atomic E-state index is 12.0. The number of imidazole rings is 1. The zero-order valence-electron chi connectivity index (χ0n) is 15.5. The van der Waals surface area contributed by atoms with E-state index in [0.29, 0.717) is 13.0 Å². The van der Waals surface area contributed by atoms with Gasteiger partial charge >= 0.3 is 0 Å². The van der Waals surface area contributed by atoms with Gasteiger partial charge in [0.05, 0.1) is 23.9 Å². The molecule has 1 aromatic heterocycles. The molecule has 2 aliphatic rings. The van der Waals surface area contributed by atoms with Crippen molar-refractivity contribution in [3.8, 4) is 5.75 Å². The van der Waals surface area contributed by atoms with Crippen molar-refractivity contribution < 1.29 is 9.53 Å². The number of hydrogen-bond donors (Lipinski definition) is 1. The summed E-state index contributed by atoms with van der Waals surface area (Å²) in [5.74, 6) is 2.06. The first-order chi connectivity index (χ1) is 13.1. The fraction of sp³-hybridized carbons (Fsp3) is 0.333. The third-order valence-electron chi connectivity index (χ3n) is 5.65. The van der Waals surface area contributed by atoms with Crippen LogP contribution in [0.1, 0.15) is 30.3 Å². The van der Waals surface area contributed by atoms with Crippen LogP contribution in [0.25, 0.3) is 11.0 Å². The molecule has 1 saturated heterocycles. The minimum atomic E-state index is 0.155. The second kappa shape index (κ2) is 6.01. The number of carbonyl (C=O) groups is 1. The quantitative estimate of drug-likeness (QED) is 0.724. The summed E-state index contributed by atoms with van der Waals surface area (Å²) in [6.45, 7) is 3.46. The summed E-state index contributed by atoms with van der Waals surface area (Å²) >= 11 is 0. The van der Waals surface area contributed by atoms with Crippen molar-refractivity contribution in [3.63, 3.8) is 0 Å². The highest BCUT2D eigenvalue weighted by Gasteiger charge is 2.28. The molecule has 1 N–H and O–H groups in total. The highest BCUT2D eigenvalue weighted by molar-refractivity contribution is 6.03. The number of rotatable bonds is 3. The first-order valence-electron chi connectivity index (χ1n) is 9.37. The summed E-state index contributed by atoms with van der Waals surface area (Å²) in [5.41, 5.74) is 5.04. The first-order valence-corrected chi connectivity index (χ1v) is 9.37. The fourth-order valence-electron chi connectivity index (χ4n) is 3.92. The van der Waals surface area contributed by atoms with Crippen LogP contribution in [0.4, 0.5) is 11.4 Å². The Balaban J connectivity index is 1.60. The van der Waals surface area contributed by atoms with Crippen LogP contribution in [0.15, 0.2) is 36.4 Å². The molecule has 1 atom stereocenters. The normalized spacial score (nSPS) is 18.8. The van der Waals surface area contributed by atoms with Crippen LogP contribution in [0.3, 0.4) is 0 Å². The number of carbonyl (C=O) groups excluding carboxylic acids is 1. The average molecular weight is 362 g/mol. The Morgan fingerprint density at radius 2 is 2.11 bits per heavy atom. The lowest BCUT2D eigenvalue weighted by Crippen LogP contribution is -2.43. The van der Waals surface area contributed by atoms with Gasteiger partial charge in [0.1, 0.15) is 17.1 Å². The number of aryl methyl sites for hydroxylation is 2. The maximum Gasteiger partial charge on any atom is 0.228 e. The zero-order chi connectivity index (χ0) is 18.5. The highest BCUT2D eigenvalue weighted by Crippen LogP contribution is 2.38. The van der Waals surface area contributed by atoms with E-state index in [4.69, 9.17) is 9.72 Å². The van der Waals surface area contributed by atoms with E-state index in [0.717, 1.165) is 52.5 Å². The van der Waals surface area contributed by atoms with Crippen LogP contribution >= 0.6 is 0 Å². The van der Waals surface area contributed by atoms with Gasteiger partial charge in [-0.05, 0) is 25.1 Å². The minimum Gasteiger partial charge on any atom is -0.493 e. The van der Waals surface area contributed by atoms with Crippen LogP contribution in [-0.2, 0) is 11.8 Å². The summed E-state index contributed by atoms with van der Waals surface area (Å²) in [6.07, 6.45) is 1.51. The van der Waals surface area contributed by atoms with E-state index in [-0.39, 0.29) is 11.9 Å². The number of nitrogens with one attached hydrogen (secondary N) is 1. The standard InChI is InChI=1S/C21H22N4O2/c1-13-22-21-17(23-16-8-10-27-19-6-4-3-5-15(16)19)11-14(12-18(21)24(13)2)25-9-7-20(25)26/h3-6,11-12,16,23H,7-10H2,1-2H3. The molecule has 27 heavy (non-hydrogen) atoms. The topological polar surface area (TPSA) is 59.4 Å². The van der Waals surface area contributed by atoms with Crippen LogP contribution < -0.4 is 15.0 Å². The van der Waals surface area contributed by atoms with Crippen LogP contribution in [0.2, 0.25) is 0 Å². The molecular formula is C21H22N4O2. The van der Waals surface area contributed by atoms with E-state index in [1.165, 1.54) is 0 Å². The van der Waals surface area contributed by atoms with Crippen molar-refractivity contribution in [3.05, 3.63) is 47.8 Å². The number of aromatic nitrogens is 2. The van der Waals surface area contributed by atoms with Crippen molar-refractivity contribution in [2.75, 3.05) is 23.4 Å². The molecule has 3 aromatic rings. The molecular weight excluding hydrogens is 340 g/mol. The van der Waals surface area contributed by atoms with Crippen LogP contribution in [-0.4, -0.2) is 28.6 Å². The number of β-lactam (4-membered cyclic amide) rings is 1. The molecule has 6 heteroatoms. The van der Waals surface area contributed by atoms with Gasteiger partial charge in [0.15, 0.2) is 0 Å². The van der Waals surface area contributed by atoms with Crippen molar-refractivity contribution in [2.24, 2.45) is 7.05 Å². The van der Waals surface area contributed by atoms with E-state index in [9.17, 15) is 4.79 Å². The molecule has 2 aliphatic heterocycles. The number of fused-ring (bicyclic) bond motifs is 2. The Bertz CT molecular complexity index is 1060. The maximum atomic E-state index is 12.0. The number of amides is 1. The van der Waals surface area contributed by atoms with Crippen molar-refractivity contribution in [1.82, 2.24) is 9.55 Å². The van der Waals surface area contributed by atoms with Crippen molar-refractivity contribution in [1.29, 1.82) is 0 Å². The molecule has 1 fully saturated rings. The number of para-hydroxylation sites is 1. The summed E-state index contributed by atoms with van der Waals surface area (Å²) < 4.78 is 7.87. The zero-order valence-corrected chi connectivity index (χ0v) is 15.5. The molecule has 0 bridgehead atoms. The smallest absolute Gasteiger partial charge is 0.228 e. The predicted molar refractivity (Wildman–Crippen MR) is 105 cm³/mol. The molecule has 138 valence electrons. The molecule has 0 spiro atoms. The second-order valence-electron chi connectivity index (χ2n) is 7.25. The van der Waals surface area contributed by atoms with Gasteiger partial charge in [-0.15, -0.1) is 0 Å². The SMILES string of the molecule is Cc1nc2c(NC3CCOc4ccccc43)cc(N3CCC3=O)cc2n1C. The van der Waals surface area contributed by atoms with Crippen LogP contribution in [0.5, 0.6) is 5.75 Å². The minimum absolute atomic E-state index is 0.155. The Labute approximate surface area is 157 Å². The number of nitrogens with zero attached hydrogens (tertiary/aromatic N) is 3. The predicted octanol–water partition coefficient (Wildman–Crippen LogP) is 3.55. The molecule has 0 saturated carbocycles. The molecule has 1 unspecified atom stereocenters.